The number of amides is 2. The van der Waals surface area contributed by atoms with Crippen molar-refractivity contribution in [2.24, 2.45) is 0 Å². The first kappa shape index (κ1) is 21.0. The van der Waals surface area contributed by atoms with Crippen LogP contribution in [0.1, 0.15) is 10.4 Å². The molecule has 0 atom stereocenters. The number of carbonyl (C=O) groups excluding carboxylic acids is 2. The van der Waals surface area contributed by atoms with Gasteiger partial charge in [0.1, 0.15) is 5.02 Å². The predicted molar refractivity (Wildman–Crippen MR) is 111 cm³/mol. The first-order valence-electron chi connectivity index (χ1n) is 8.85. The van der Waals surface area contributed by atoms with E-state index in [1.165, 1.54) is 18.2 Å². The van der Waals surface area contributed by atoms with Crippen molar-refractivity contribution in [3.8, 4) is 0 Å². The molecule has 1 N–H and O–H groups in total. The maximum atomic E-state index is 12.6. The zero-order valence-corrected chi connectivity index (χ0v) is 16.8. The number of benzene rings is 2. The fourth-order valence-corrected chi connectivity index (χ4v) is 3.45. The lowest BCUT2D eigenvalue weighted by molar-refractivity contribution is -0.384. The Morgan fingerprint density at radius 1 is 1.03 bits per heavy atom. The highest BCUT2D eigenvalue weighted by Crippen LogP contribution is 2.27. The molecule has 29 heavy (non-hydrogen) atoms. The molecule has 10 heteroatoms. The van der Waals surface area contributed by atoms with Crippen molar-refractivity contribution >= 4 is 46.4 Å². The molecule has 1 aliphatic heterocycles. The Morgan fingerprint density at radius 3 is 2.38 bits per heavy atom. The van der Waals surface area contributed by atoms with Crippen molar-refractivity contribution in [3.05, 3.63) is 68.2 Å². The highest BCUT2D eigenvalue weighted by Gasteiger charge is 2.24. The van der Waals surface area contributed by atoms with Crippen LogP contribution in [-0.4, -0.2) is 59.3 Å². The number of hydrogen-bond donors (Lipinski definition) is 1. The van der Waals surface area contributed by atoms with Crippen LogP contribution in [0.4, 0.5) is 11.4 Å². The zero-order valence-electron chi connectivity index (χ0n) is 15.3. The molecule has 1 fully saturated rings. The second-order valence-corrected chi connectivity index (χ2v) is 7.33. The first-order valence-corrected chi connectivity index (χ1v) is 9.60. The van der Waals surface area contributed by atoms with Crippen molar-refractivity contribution in [3.63, 3.8) is 0 Å². The first-order chi connectivity index (χ1) is 13.8. The average Bonchev–Trinajstić information content (AvgIpc) is 2.69. The van der Waals surface area contributed by atoms with Gasteiger partial charge in [-0.1, -0.05) is 35.3 Å². The molecule has 1 aliphatic rings. The number of nitrogens with one attached hydrogen (secondary N) is 1. The maximum absolute atomic E-state index is 12.6. The van der Waals surface area contributed by atoms with Crippen molar-refractivity contribution < 1.29 is 14.5 Å². The van der Waals surface area contributed by atoms with E-state index >= 15 is 0 Å². The average molecular weight is 437 g/mol. The molecule has 0 spiro atoms. The molecule has 8 nitrogen and oxygen atoms in total. The summed E-state index contributed by atoms with van der Waals surface area (Å²) in [4.78, 5) is 38.8. The Balaban J connectivity index is 1.52. The molecule has 152 valence electrons. The molecule has 3 rings (SSSR count). The minimum Gasteiger partial charge on any atom is -0.336 e. The molecule has 2 amide bonds. The van der Waals surface area contributed by atoms with Crippen molar-refractivity contribution in [2.75, 3.05) is 38.0 Å². The molecule has 2 aromatic rings. The summed E-state index contributed by atoms with van der Waals surface area (Å²) >= 11 is 11.9. The molecule has 0 aromatic heterocycles. The van der Waals surface area contributed by atoms with Gasteiger partial charge in [0.05, 0.1) is 22.1 Å². The van der Waals surface area contributed by atoms with Gasteiger partial charge in [0, 0.05) is 37.9 Å². The van der Waals surface area contributed by atoms with Crippen molar-refractivity contribution in [2.45, 2.75) is 0 Å². The van der Waals surface area contributed by atoms with Gasteiger partial charge >= 0.3 is 0 Å². The topological polar surface area (TPSA) is 95.8 Å². The quantitative estimate of drug-likeness (QED) is 0.572. The molecule has 0 aliphatic carbocycles. The number of halogens is 2. The summed E-state index contributed by atoms with van der Waals surface area (Å²) < 4.78 is 0. The van der Waals surface area contributed by atoms with E-state index in [1.807, 2.05) is 4.90 Å². The van der Waals surface area contributed by atoms with E-state index in [2.05, 4.69) is 5.32 Å². The van der Waals surface area contributed by atoms with E-state index in [-0.39, 0.29) is 29.1 Å². The van der Waals surface area contributed by atoms with E-state index in [9.17, 15) is 19.7 Å². The Kier molecular flexibility index (Phi) is 6.68. The molecule has 0 unspecified atom stereocenters. The normalized spacial score (nSPS) is 14.5. The summed E-state index contributed by atoms with van der Waals surface area (Å²) in [6.07, 6.45) is 0. The second-order valence-electron chi connectivity index (χ2n) is 6.52. The van der Waals surface area contributed by atoms with Crippen LogP contribution in [0, 0.1) is 10.1 Å². The van der Waals surface area contributed by atoms with Gasteiger partial charge in [0.25, 0.3) is 11.6 Å². The number of nitro benzene ring substituents is 1. The van der Waals surface area contributed by atoms with E-state index in [0.717, 1.165) is 0 Å². The van der Waals surface area contributed by atoms with Crippen LogP contribution in [0.3, 0.4) is 0 Å². The van der Waals surface area contributed by atoms with Gasteiger partial charge in [-0.15, -0.1) is 0 Å². The zero-order chi connectivity index (χ0) is 21.0. The number of nitrogens with zero attached hydrogens (tertiary/aromatic N) is 3. The molecule has 0 radical (unpaired) electrons. The highest BCUT2D eigenvalue weighted by molar-refractivity contribution is 6.33. The van der Waals surface area contributed by atoms with E-state index in [0.29, 0.717) is 42.5 Å². The molecular weight excluding hydrogens is 419 g/mol. The predicted octanol–water partition coefficient (Wildman–Crippen LogP) is 3.30. The van der Waals surface area contributed by atoms with E-state index in [4.69, 9.17) is 23.2 Å². The monoisotopic (exact) mass is 436 g/mol. The highest BCUT2D eigenvalue weighted by atomic mass is 35.5. The van der Waals surface area contributed by atoms with Crippen molar-refractivity contribution in [1.29, 1.82) is 0 Å². The standard InChI is InChI=1S/C19H18Cl2N4O4/c20-15-4-2-1-3-14(15)19(27)24-9-7-23(8-10-24)12-18(26)22-13-5-6-16(21)17(11-13)25(28)29/h1-6,11H,7-10,12H2,(H,22,26). The Morgan fingerprint density at radius 2 is 1.72 bits per heavy atom. The second kappa shape index (κ2) is 9.21. The summed E-state index contributed by atoms with van der Waals surface area (Å²) in [5.41, 5.74) is 0.500. The SMILES string of the molecule is O=C(CN1CCN(C(=O)c2ccccc2Cl)CC1)Nc1ccc(Cl)c([N+](=O)[O-])c1. The Labute approximate surface area is 177 Å². The summed E-state index contributed by atoms with van der Waals surface area (Å²) in [5, 5.41) is 14.0. The number of anilines is 1. The van der Waals surface area contributed by atoms with Gasteiger partial charge in [-0.25, -0.2) is 0 Å². The summed E-state index contributed by atoms with van der Waals surface area (Å²) in [5.74, 6) is -0.430. The van der Waals surface area contributed by atoms with Gasteiger partial charge in [-0.3, -0.25) is 24.6 Å². The summed E-state index contributed by atoms with van der Waals surface area (Å²) in [7, 11) is 0. The number of hydrogen-bond acceptors (Lipinski definition) is 5. The third kappa shape index (κ3) is 5.23. The number of carbonyl (C=O) groups is 2. The lowest BCUT2D eigenvalue weighted by atomic mass is 10.2. The van der Waals surface area contributed by atoms with Gasteiger partial charge in [-0.2, -0.15) is 0 Å². The molecule has 1 heterocycles. The van der Waals surface area contributed by atoms with E-state index in [1.54, 1.807) is 29.2 Å². The minimum absolute atomic E-state index is 0.00677. The Hall–Kier alpha value is -2.68. The molecule has 0 bridgehead atoms. The lowest BCUT2D eigenvalue weighted by Gasteiger charge is -2.34. The Bertz CT molecular complexity index is 946. The van der Waals surface area contributed by atoms with Crippen LogP contribution in [-0.2, 0) is 4.79 Å². The molecular formula is C19H18Cl2N4O4. The van der Waals surface area contributed by atoms with Crippen LogP contribution in [0.15, 0.2) is 42.5 Å². The van der Waals surface area contributed by atoms with Gasteiger partial charge in [0.15, 0.2) is 0 Å². The number of nitro groups is 1. The van der Waals surface area contributed by atoms with Crippen LogP contribution in [0.25, 0.3) is 0 Å². The van der Waals surface area contributed by atoms with Gasteiger partial charge < -0.3 is 10.2 Å². The van der Waals surface area contributed by atoms with Gasteiger partial charge in [-0.05, 0) is 24.3 Å². The third-order valence-electron chi connectivity index (χ3n) is 4.56. The van der Waals surface area contributed by atoms with Crippen LogP contribution in [0.5, 0.6) is 0 Å². The number of piperazine rings is 1. The number of rotatable bonds is 5. The summed E-state index contributed by atoms with van der Waals surface area (Å²) in [6.45, 7) is 2.13. The van der Waals surface area contributed by atoms with Crippen LogP contribution < -0.4 is 5.32 Å². The van der Waals surface area contributed by atoms with Gasteiger partial charge in [0.2, 0.25) is 5.91 Å². The van der Waals surface area contributed by atoms with Crippen LogP contribution in [0.2, 0.25) is 10.0 Å². The van der Waals surface area contributed by atoms with Crippen molar-refractivity contribution in [1.82, 2.24) is 9.80 Å². The molecule has 2 aromatic carbocycles. The maximum Gasteiger partial charge on any atom is 0.289 e. The fraction of sp³-hybridized carbons (Fsp3) is 0.263. The summed E-state index contributed by atoms with van der Waals surface area (Å²) in [6, 6.07) is 11.0. The van der Waals surface area contributed by atoms with E-state index < -0.39 is 4.92 Å². The molecule has 0 saturated carbocycles. The molecule has 1 saturated heterocycles. The smallest absolute Gasteiger partial charge is 0.289 e. The lowest BCUT2D eigenvalue weighted by Crippen LogP contribution is -2.50. The van der Waals surface area contributed by atoms with Crippen LogP contribution >= 0.6 is 23.2 Å². The largest absolute Gasteiger partial charge is 0.336 e. The third-order valence-corrected chi connectivity index (χ3v) is 5.21. The minimum atomic E-state index is -0.604. The fourth-order valence-electron chi connectivity index (χ4n) is 3.05.